The molecule has 3 N–H and O–H groups in total. The Bertz CT molecular complexity index is 1360. The molecule has 39 heavy (non-hydrogen) atoms. The zero-order valence-corrected chi connectivity index (χ0v) is 22.8. The molecule has 3 aromatic rings. The van der Waals surface area contributed by atoms with Crippen LogP contribution in [0.25, 0.3) is 11.2 Å². The van der Waals surface area contributed by atoms with Crippen molar-refractivity contribution in [1.29, 1.82) is 0 Å². The quantitative estimate of drug-likeness (QED) is 0.374. The number of hydrogen-bond acceptors (Lipinski definition) is 8. The Morgan fingerprint density at radius 2 is 1.95 bits per heavy atom. The van der Waals surface area contributed by atoms with Gasteiger partial charge in [0.2, 0.25) is 0 Å². The van der Waals surface area contributed by atoms with Gasteiger partial charge in [-0.1, -0.05) is 32.3 Å². The van der Waals surface area contributed by atoms with Crippen molar-refractivity contribution in [3.8, 4) is 0 Å². The number of imidazole rings is 1. The van der Waals surface area contributed by atoms with Crippen molar-refractivity contribution in [2.75, 3.05) is 5.32 Å². The number of nitrogens with one attached hydrogen (secondary N) is 3. The van der Waals surface area contributed by atoms with Crippen LogP contribution in [0.2, 0.25) is 0 Å². The molecular weight excluding hydrogens is 492 g/mol. The van der Waals surface area contributed by atoms with Crippen LogP contribution >= 0.6 is 0 Å². The molecule has 1 aliphatic heterocycles. The lowest BCUT2D eigenvalue weighted by molar-refractivity contribution is 0.120. The first kappa shape index (κ1) is 24.7. The number of fused-ring (bicyclic) bond motifs is 1. The topological polar surface area (TPSA) is 119 Å². The number of nitrogens with zero attached hydrogens (tertiary/aromatic N) is 5. The van der Waals surface area contributed by atoms with Crippen molar-refractivity contribution in [3.05, 3.63) is 41.7 Å². The monoisotopic (exact) mass is 530 g/mol. The van der Waals surface area contributed by atoms with E-state index in [0.29, 0.717) is 23.3 Å². The lowest BCUT2D eigenvalue weighted by Gasteiger charge is -2.32. The molecule has 3 aliphatic carbocycles. The molecule has 1 unspecified atom stereocenters. The fourth-order valence-electron chi connectivity index (χ4n) is 6.64. The van der Waals surface area contributed by atoms with E-state index in [1.807, 2.05) is 12.3 Å². The average molecular weight is 531 g/mol. The van der Waals surface area contributed by atoms with Gasteiger partial charge >= 0.3 is 6.09 Å². The maximum absolute atomic E-state index is 11.8. The Morgan fingerprint density at radius 3 is 2.59 bits per heavy atom. The highest BCUT2D eigenvalue weighted by atomic mass is 16.7. The lowest BCUT2D eigenvalue weighted by atomic mass is 9.80. The molecule has 0 radical (unpaired) electrons. The smallest absolute Gasteiger partial charge is 0.365 e. The molecule has 1 saturated heterocycles. The number of amides is 1. The Labute approximate surface area is 228 Å². The van der Waals surface area contributed by atoms with Crippen LogP contribution < -0.4 is 16.1 Å². The summed E-state index contributed by atoms with van der Waals surface area (Å²) < 4.78 is 2.43. The molecule has 4 aliphatic rings. The highest BCUT2D eigenvalue weighted by Gasteiger charge is 2.51. The minimum atomic E-state index is -0.624. The molecule has 10 heteroatoms. The van der Waals surface area contributed by atoms with Crippen LogP contribution in [0.5, 0.6) is 0 Å². The molecule has 10 nitrogen and oxygen atoms in total. The van der Waals surface area contributed by atoms with Crippen LogP contribution in [0.1, 0.15) is 95.1 Å². The first-order valence-electron chi connectivity index (χ1n) is 14.7. The van der Waals surface area contributed by atoms with E-state index in [2.05, 4.69) is 46.7 Å². The Kier molecular flexibility index (Phi) is 6.17. The lowest BCUT2D eigenvalue weighted by Crippen LogP contribution is -2.32. The van der Waals surface area contributed by atoms with E-state index in [1.165, 1.54) is 44.9 Å². The Hall–Kier alpha value is -3.27. The highest BCUT2D eigenvalue weighted by molar-refractivity contribution is 5.85. The van der Waals surface area contributed by atoms with Crippen molar-refractivity contribution >= 4 is 23.1 Å². The van der Waals surface area contributed by atoms with Gasteiger partial charge in [-0.05, 0) is 75.3 Å². The second-order valence-electron chi connectivity index (χ2n) is 12.3. The van der Waals surface area contributed by atoms with Crippen LogP contribution in [-0.2, 0) is 16.8 Å². The molecule has 4 heterocycles. The number of hydroxylamine groups is 1. The summed E-state index contributed by atoms with van der Waals surface area (Å²) in [6.07, 6.45) is 11.5. The first-order chi connectivity index (χ1) is 19.0. The normalized spacial score (nSPS) is 27.0. The maximum atomic E-state index is 11.8. The van der Waals surface area contributed by atoms with Crippen LogP contribution in [0.3, 0.4) is 0 Å². The second kappa shape index (κ2) is 9.73. The number of aromatic nitrogens is 5. The predicted molar refractivity (Wildman–Crippen MR) is 147 cm³/mol. The number of carbonyl (C=O) groups is 1. The van der Waals surface area contributed by atoms with E-state index in [0.717, 1.165) is 48.2 Å². The molecule has 1 amide bonds. The van der Waals surface area contributed by atoms with Crippen LogP contribution in [0, 0.1) is 17.8 Å². The number of pyridine rings is 1. The fourth-order valence-corrected chi connectivity index (χ4v) is 6.64. The molecule has 0 aromatic carbocycles. The predicted octanol–water partition coefficient (Wildman–Crippen LogP) is 4.97. The molecule has 2 atom stereocenters. The van der Waals surface area contributed by atoms with E-state index >= 15 is 0 Å². The van der Waals surface area contributed by atoms with E-state index in [4.69, 9.17) is 24.8 Å². The summed E-state index contributed by atoms with van der Waals surface area (Å²) in [7, 11) is 0. The van der Waals surface area contributed by atoms with Gasteiger partial charge in [0.25, 0.3) is 0 Å². The second-order valence-corrected chi connectivity index (χ2v) is 12.3. The Balaban J connectivity index is 1.37. The molecular formula is C29H38N8O2. The summed E-state index contributed by atoms with van der Waals surface area (Å²) in [4.78, 5) is 36.7. The van der Waals surface area contributed by atoms with Crippen molar-refractivity contribution in [2.24, 2.45) is 17.8 Å². The summed E-state index contributed by atoms with van der Waals surface area (Å²) >= 11 is 0. The number of hydrogen-bond donors (Lipinski definition) is 3. The van der Waals surface area contributed by atoms with Crippen molar-refractivity contribution in [2.45, 2.75) is 95.8 Å². The van der Waals surface area contributed by atoms with Gasteiger partial charge in [0.05, 0.1) is 11.1 Å². The summed E-state index contributed by atoms with van der Waals surface area (Å²) in [5, 5.41) is 6.51. The van der Waals surface area contributed by atoms with Crippen molar-refractivity contribution in [1.82, 2.24) is 35.3 Å². The first-order valence-corrected chi connectivity index (χ1v) is 14.7. The van der Waals surface area contributed by atoms with E-state index in [9.17, 15) is 4.79 Å². The van der Waals surface area contributed by atoms with E-state index in [1.54, 1.807) is 0 Å². The zero-order chi connectivity index (χ0) is 26.6. The standard InChI is InChI=1S/C29H38N8O2/c1-17-9-11-19(12-10-17)16-37-22-23(31-18(2)20-6-5-7-20)32-25(26-35-28(38)39-36-26)33-24(22)34-27(37)29(13-14-29)21-8-3-4-15-30-21/h3-4,8,15,17-20,26,36H,5-7,9-14,16H2,1-2H3,(H,35,38)(H,31,32,33)/t17?,18-,19?,26?/m1/s1. The van der Waals surface area contributed by atoms with Crippen molar-refractivity contribution in [3.63, 3.8) is 0 Å². The summed E-state index contributed by atoms with van der Waals surface area (Å²) in [5.41, 5.74) is 5.21. The Morgan fingerprint density at radius 1 is 1.13 bits per heavy atom. The highest BCUT2D eigenvalue weighted by Crippen LogP contribution is 2.53. The number of carbonyl (C=O) groups excluding carboxylic acids is 1. The number of rotatable bonds is 8. The van der Waals surface area contributed by atoms with Gasteiger partial charge < -0.3 is 14.7 Å². The van der Waals surface area contributed by atoms with Gasteiger partial charge in [-0.2, -0.15) is 0 Å². The van der Waals surface area contributed by atoms with E-state index < -0.39 is 12.3 Å². The number of anilines is 1. The summed E-state index contributed by atoms with van der Waals surface area (Å²) in [5.74, 6) is 4.30. The largest absolute Gasteiger partial charge is 0.427 e. The maximum Gasteiger partial charge on any atom is 0.427 e. The van der Waals surface area contributed by atoms with Gasteiger partial charge in [-0.3, -0.25) is 10.3 Å². The molecule has 3 aromatic heterocycles. The van der Waals surface area contributed by atoms with E-state index in [-0.39, 0.29) is 11.5 Å². The third-order valence-electron chi connectivity index (χ3n) is 9.54. The molecule has 3 saturated carbocycles. The van der Waals surface area contributed by atoms with Gasteiger partial charge in [0.15, 0.2) is 23.5 Å². The van der Waals surface area contributed by atoms with Crippen LogP contribution in [0.4, 0.5) is 10.6 Å². The molecule has 0 spiro atoms. The molecule has 0 bridgehead atoms. The summed E-state index contributed by atoms with van der Waals surface area (Å²) in [6.45, 7) is 5.52. The van der Waals surface area contributed by atoms with Crippen molar-refractivity contribution < 1.29 is 9.63 Å². The molecule has 7 rings (SSSR count). The SMILES string of the molecule is CC1CCC(Cn2c(C3(c4ccccn4)CC3)nc3nc(C4NOC(=O)N4)nc(N[C@H](C)C4CCC4)c32)CC1. The third kappa shape index (κ3) is 4.52. The van der Waals surface area contributed by atoms with Gasteiger partial charge in [0, 0.05) is 18.8 Å². The van der Waals surface area contributed by atoms with Gasteiger partial charge in [-0.15, -0.1) is 5.48 Å². The zero-order valence-electron chi connectivity index (χ0n) is 22.8. The third-order valence-corrected chi connectivity index (χ3v) is 9.54. The fraction of sp³-hybridized carbons (Fsp3) is 0.621. The average Bonchev–Trinajstić information content (AvgIpc) is 3.46. The van der Waals surface area contributed by atoms with Gasteiger partial charge in [0.1, 0.15) is 11.3 Å². The molecule has 206 valence electrons. The summed E-state index contributed by atoms with van der Waals surface area (Å²) in [6, 6.07) is 6.44. The minimum absolute atomic E-state index is 0.204. The molecule has 4 fully saturated rings. The van der Waals surface area contributed by atoms with Crippen LogP contribution in [-0.4, -0.2) is 36.6 Å². The van der Waals surface area contributed by atoms with Crippen LogP contribution in [0.15, 0.2) is 24.4 Å². The minimum Gasteiger partial charge on any atom is -0.365 e. The van der Waals surface area contributed by atoms with Gasteiger partial charge in [-0.25, -0.2) is 19.7 Å².